The molecule has 0 bridgehead atoms. The molecule has 3 rings (SSSR count). The number of hydrogen-bond acceptors (Lipinski definition) is 6. The van der Waals surface area contributed by atoms with Crippen molar-refractivity contribution in [2.24, 2.45) is 0 Å². The number of aromatic nitrogens is 2. The highest BCUT2D eigenvalue weighted by Gasteiger charge is 2.34. The normalized spacial score (nSPS) is 16.1. The van der Waals surface area contributed by atoms with Gasteiger partial charge in [-0.15, -0.1) is 10.2 Å². The van der Waals surface area contributed by atoms with Crippen molar-refractivity contribution in [1.29, 1.82) is 0 Å². The van der Waals surface area contributed by atoms with E-state index in [1.807, 2.05) is 43.3 Å². The Labute approximate surface area is 176 Å². The molecular weight excluding hydrogens is 386 g/mol. The second kappa shape index (κ2) is 9.82. The van der Waals surface area contributed by atoms with Crippen molar-refractivity contribution in [2.45, 2.75) is 51.5 Å². The minimum Gasteiger partial charge on any atom is -0.378 e. The number of likely N-dealkylation sites (tertiary alicyclic amines) is 1. The fraction of sp³-hybridized carbons (Fsp3) is 0.524. The molecule has 1 saturated heterocycles. The quantitative estimate of drug-likeness (QED) is 0.664. The molecule has 0 spiro atoms. The zero-order valence-electron chi connectivity index (χ0n) is 17.4. The lowest BCUT2D eigenvalue weighted by atomic mass is 10.1. The number of carbonyl (C=O) groups excluding carboxylic acids is 2. The summed E-state index contributed by atoms with van der Waals surface area (Å²) in [6, 6.07) is 7.63. The summed E-state index contributed by atoms with van der Waals surface area (Å²) in [5, 5.41) is 12.4. The van der Waals surface area contributed by atoms with Crippen LogP contribution in [0.25, 0.3) is 10.6 Å². The van der Waals surface area contributed by atoms with Crippen molar-refractivity contribution in [1.82, 2.24) is 15.1 Å². The molecule has 0 aliphatic carbocycles. The minimum absolute atomic E-state index is 0.0787. The van der Waals surface area contributed by atoms with Crippen molar-refractivity contribution < 1.29 is 9.59 Å². The summed E-state index contributed by atoms with van der Waals surface area (Å²) in [7, 11) is 3.99. The van der Waals surface area contributed by atoms with Crippen molar-refractivity contribution in [2.75, 3.05) is 30.9 Å². The van der Waals surface area contributed by atoms with Gasteiger partial charge in [0.05, 0.1) is 0 Å². The lowest BCUT2D eigenvalue weighted by Gasteiger charge is -2.23. The zero-order valence-corrected chi connectivity index (χ0v) is 18.2. The summed E-state index contributed by atoms with van der Waals surface area (Å²) in [5.74, 6) is -0.0907. The first-order chi connectivity index (χ1) is 14.0. The molecule has 1 fully saturated rings. The summed E-state index contributed by atoms with van der Waals surface area (Å²) in [5.41, 5.74) is 2.07. The van der Waals surface area contributed by atoms with Crippen LogP contribution < -0.4 is 10.2 Å². The zero-order chi connectivity index (χ0) is 20.8. The molecule has 1 aromatic carbocycles. The lowest BCUT2D eigenvalue weighted by molar-refractivity contribution is -0.136. The first-order valence-corrected chi connectivity index (χ1v) is 11.0. The first kappa shape index (κ1) is 21.2. The molecule has 1 aliphatic rings. The van der Waals surface area contributed by atoms with Crippen LogP contribution in [0.1, 0.15) is 45.4 Å². The van der Waals surface area contributed by atoms with Gasteiger partial charge in [0.2, 0.25) is 16.9 Å². The van der Waals surface area contributed by atoms with Gasteiger partial charge >= 0.3 is 0 Å². The highest BCUT2D eigenvalue weighted by atomic mass is 32.1. The van der Waals surface area contributed by atoms with Crippen LogP contribution in [-0.2, 0) is 9.59 Å². The lowest BCUT2D eigenvalue weighted by Crippen LogP contribution is -2.43. The van der Waals surface area contributed by atoms with Crippen molar-refractivity contribution in [3.63, 3.8) is 0 Å². The van der Waals surface area contributed by atoms with Crippen molar-refractivity contribution >= 4 is 34.0 Å². The third kappa shape index (κ3) is 5.32. The summed E-state index contributed by atoms with van der Waals surface area (Å²) in [4.78, 5) is 29.0. The maximum atomic E-state index is 12.8. The van der Waals surface area contributed by atoms with Crippen LogP contribution in [0.2, 0.25) is 0 Å². The predicted octanol–water partition coefficient (Wildman–Crippen LogP) is 3.78. The van der Waals surface area contributed by atoms with Crippen molar-refractivity contribution in [3.8, 4) is 10.6 Å². The van der Waals surface area contributed by atoms with E-state index in [0.29, 0.717) is 24.5 Å². The standard InChI is InChI=1S/C21H29N5O2S/c1-4-5-6-9-18(27)26-14-7-8-17(26)19(28)22-21-24-23-20(29-21)15-10-12-16(13-11-15)25(2)3/h10-13,17H,4-9,14H2,1-3H3,(H,22,24,28). The second-order valence-electron chi connectivity index (χ2n) is 7.55. The van der Waals surface area contributed by atoms with Gasteiger partial charge in [-0.2, -0.15) is 0 Å². The predicted molar refractivity (Wildman–Crippen MR) is 117 cm³/mol. The molecule has 1 N–H and O–H groups in total. The number of hydrogen-bond donors (Lipinski definition) is 1. The molecule has 1 aromatic heterocycles. The molecule has 156 valence electrons. The van der Waals surface area contributed by atoms with Crippen LogP contribution in [-0.4, -0.2) is 53.6 Å². The van der Waals surface area contributed by atoms with E-state index in [1.54, 1.807) is 4.90 Å². The highest BCUT2D eigenvalue weighted by Crippen LogP contribution is 2.28. The highest BCUT2D eigenvalue weighted by molar-refractivity contribution is 7.18. The number of nitrogens with one attached hydrogen (secondary N) is 1. The molecule has 1 unspecified atom stereocenters. The van der Waals surface area contributed by atoms with E-state index in [4.69, 9.17) is 0 Å². The second-order valence-corrected chi connectivity index (χ2v) is 8.52. The van der Waals surface area contributed by atoms with Gasteiger partial charge in [-0.25, -0.2) is 0 Å². The van der Waals surface area contributed by atoms with Crippen LogP contribution in [0, 0.1) is 0 Å². The Morgan fingerprint density at radius 1 is 1.21 bits per heavy atom. The Kier molecular flexibility index (Phi) is 7.19. The number of anilines is 2. The molecule has 7 nitrogen and oxygen atoms in total. The molecule has 29 heavy (non-hydrogen) atoms. The number of rotatable bonds is 8. The van der Waals surface area contributed by atoms with Gasteiger partial charge in [0.15, 0.2) is 0 Å². The molecule has 1 atom stereocenters. The van der Waals surface area contributed by atoms with E-state index in [-0.39, 0.29) is 11.8 Å². The Balaban J connectivity index is 1.61. The minimum atomic E-state index is -0.407. The summed E-state index contributed by atoms with van der Waals surface area (Å²) in [6.07, 6.45) is 5.07. The van der Waals surface area contributed by atoms with Crippen LogP contribution in [0.3, 0.4) is 0 Å². The third-order valence-electron chi connectivity index (χ3n) is 5.16. The summed E-state index contributed by atoms with van der Waals surface area (Å²) in [6.45, 7) is 2.77. The maximum absolute atomic E-state index is 12.8. The Morgan fingerprint density at radius 2 is 1.97 bits per heavy atom. The maximum Gasteiger partial charge on any atom is 0.249 e. The van der Waals surface area contributed by atoms with Gasteiger partial charge < -0.3 is 9.80 Å². The van der Waals surface area contributed by atoms with Crippen LogP contribution in [0.5, 0.6) is 0 Å². The van der Waals surface area contributed by atoms with Gasteiger partial charge in [-0.05, 0) is 43.5 Å². The third-order valence-corrected chi connectivity index (χ3v) is 6.04. The average molecular weight is 416 g/mol. The summed E-state index contributed by atoms with van der Waals surface area (Å²) >= 11 is 1.34. The molecule has 2 amide bonds. The van der Waals surface area contributed by atoms with Gasteiger partial charge in [0.25, 0.3) is 0 Å². The number of unbranched alkanes of at least 4 members (excludes halogenated alkanes) is 2. The van der Waals surface area contributed by atoms with Gasteiger partial charge in [-0.3, -0.25) is 14.9 Å². The topological polar surface area (TPSA) is 78.4 Å². The molecule has 8 heteroatoms. The van der Waals surface area contributed by atoms with Crippen molar-refractivity contribution in [3.05, 3.63) is 24.3 Å². The average Bonchev–Trinajstić information content (AvgIpc) is 3.38. The van der Waals surface area contributed by atoms with Crippen LogP contribution in [0.15, 0.2) is 24.3 Å². The SMILES string of the molecule is CCCCCC(=O)N1CCCC1C(=O)Nc1nnc(-c2ccc(N(C)C)cc2)s1. The monoisotopic (exact) mass is 415 g/mol. The molecular formula is C21H29N5O2S. The van der Waals surface area contributed by atoms with E-state index in [9.17, 15) is 9.59 Å². The fourth-order valence-corrected chi connectivity index (χ4v) is 4.24. The van der Waals surface area contributed by atoms with Gasteiger partial charge in [0, 0.05) is 38.3 Å². The Hall–Kier alpha value is -2.48. The molecule has 0 radical (unpaired) electrons. The molecule has 1 aliphatic heterocycles. The Bertz CT molecular complexity index is 834. The molecule has 2 aromatic rings. The molecule has 2 heterocycles. The number of amides is 2. The van der Waals surface area contributed by atoms with E-state index in [0.717, 1.165) is 41.9 Å². The van der Waals surface area contributed by atoms with Gasteiger partial charge in [-0.1, -0.05) is 31.1 Å². The summed E-state index contributed by atoms with van der Waals surface area (Å²) < 4.78 is 0. The number of carbonyl (C=O) groups is 2. The van der Waals surface area contributed by atoms with E-state index in [1.165, 1.54) is 11.3 Å². The first-order valence-electron chi connectivity index (χ1n) is 10.2. The van der Waals surface area contributed by atoms with E-state index in [2.05, 4.69) is 22.4 Å². The van der Waals surface area contributed by atoms with Crippen LogP contribution >= 0.6 is 11.3 Å². The number of benzene rings is 1. The van der Waals surface area contributed by atoms with E-state index < -0.39 is 6.04 Å². The van der Waals surface area contributed by atoms with Gasteiger partial charge in [0.1, 0.15) is 11.0 Å². The molecule has 0 saturated carbocycles. The largest absolute Gasteiger partial charge is 0.378 e. The Morgan fingerprint density at radius 3 is 2.66 bits per heavy atom. The smallest absolute Gasteiger partial charge is 0.249 e. The fourth-order valence-electron chi connectivity index (χ4n) is 3.49. The van der Waals surface area contributed by atoms with E-state index >= 15 is 0 Å². The number of nitrogens with zero attached hydrogens (tertiary/aromatic N) is 4. The van der Waals surface area contributed by atoms with Crippen LogP contribution in [0.4, 0.5) is 10.8 Å².